The van der Waals surface area contributed by atoms with Crippen molar-refractivity contribution in [2.45, 2.75) is 64.3 Å². The van der Waals surface area contributed by atoms with Gasteiger partial charge in [-0.25, -0.2) is 0 Å². The van der Waals surface area contributed by atoms with Crippen molar-refractivity contribution in [3.05, 3.63) is 22.1 Å². The van der Waals surface area contributed by atoms with Crippen LogP contribution in [0.3, 0.4) is 0 Å². The lowest BCUT2D eigenvalue weighted by Gasteiger charge is -2.59. The van der Waals surface area contributed by atoms with Crippen LogP contribution in [0.1, 0.15) is 58.3 Å². The van der Waals surface area contributed by atoms with Crippen LogP contribution in [-0.2, 0) is 9.59 Å². The summed E-state index contributed by atoms with van der Waals surface area (Å²) in [5.41, 5.74) is 9.79. The molecule has 0 bridgehead atoms. The molecular weight excluding hydrogens is 453 g/mol. The van der Waals surface area contributed by atoms with Crippen LogP contribution >= 0.6 is 22.6 Å². The smallest absolute Gasteiger partial charge is 0.155 e. The Morgan fingerprint density at radius 2 is 2.11 bits per heavy atom. The molecule has 4 aliphatic rings. The van der Waals surface area contributed by atoms with Crippen molar-refractivity contribution in [3.63, 3.8) is 0 Å². The molecule has 0 aliphatic heterocycles. The molecule has 0 aromatic heterocycles. The summed E-state index contributed by atoms with van der Waals surface area (Å²) >= 11 is 2.07. The number of hydrogen-bond acceptors (Lipinski definition) is 3. The Bertz CT molecular complexity index is 834. The SMILES string of the molecule is C[C@]12CC[C@H]3[C@@H](C[C@H](N=[N+]=[N-])C4=CC(=O)CC[C@@]43CC#CI)[C@@H]1CCC2=O. The molecule has 6 atom stereocenters. The molecule has 3 fully saturated rings. The molecule has 27 heavy (non-hydrogen) atoms. The highest BCUT2D eigenvalue weighted by molar-refractivity contribution is 14.1. The van der Waals surface area contributed by atoms with Crippen LogP contribution in [0.4, 0.5) is 0 Å². The number of hydrogen-bond donors (Lipinski definition) is 0. The summed E-state index contributed by atoms with van der Waals surface area (Å²) in [5, 5.41) is 4.13. The van der Waals surface area contributed by atoms with E-state index in [0.717, 1.165) is 37.7 Å². The van der Waals surface area contributed by atoms with E-state index in [2.05, 4.69) is 49.4 Å². The third-order valence-electron chi connectivity index (χ3n) is 8.08. The standard InChI is InChI=1S/C21H24IN3O2/c1-20-8-6-16-14(15(20)3-4-19(20)27)12-18(24-25-23)17-11-13(26)5-9-21(16,17)7-2-10-22/h11,14-16,18H,3-9,12H2,1H3/t14-,15-,16-,18-,20-,21+/m0/s1. The molecule has 4 aliphatic carbocycles. The molecule has 0 N–H and O–H groups in total. The molecule has 0 aromatic carbocycles. The highest BCUT2D eigenvalue weighted by Gasteiger charge is 2.61. The van der Waals surface area contributed by atoms with Gasteiger partial charge in [-0.1, -0.05) is 23.5 Å². The highest BCUT2D eigenvalue weighted by Crippen LogP contribution is 2.65. The van der Waals surface area contributed by atoms with Crippen molar-refractivity contribution in [1.82, 2.24) is 0 Å². The van der Waals surface area contributed by atoms with E-state index < -0.39 is 0 Å². The fourth-order valence-electron chi connectivity index (χ4n) is 6.85. The highest BCUT2D eigenvalue weighted by atomic mass is 127. The van der Waals surface area contributed by atoms with Crippen molar-refractivity contribution >= 4 is 34.2 Å². The van der Waals surface area contributed by atoms with E-state index in [0.29, 0.717) is 42.8 Å². The van der Waals surface area contributed by atoms with Crippen molar-refractivity contribution in [1.29, 1.82) is 0 Å². The quantitative estimate of drug-likeness (QED) is 0.181. The Balaban J connectivity index is 1.83. The normalized spacial score (nSPS) is 42.7. The average Bonchev–Trinajstić information content (AvgIpc) is 2.96. The van der Waals surface area contributed by atoms with Gasteiger partial charge in [0.25, 0.3) is 0 Å². The number of halogens is 1. The zero-order valence-corrected chi connectivity index (χ0v) is 17.7. The maximum atomic E-state index is 12.6. The summed E-state index contributed by atoms with van der Waals surface area (Å²) in [5.74, 6) is 4.98. The lowest BCUT2D eigenvalue weighted by atomic mass is 9.45. The molecule has 142 valence electrons. The van der Waals surface area contributed by atoms with Gasteiger partial charge < -0.3 is 0 Å². The minimum Gasteiger partial charge on any atom is -0.299 e. The van der Waals surface area contributed by atoms with Crippen molar-refractivity contribution in [2.24, 2.45) is 33.7 Å². The monoisotopic (exact) mass is 477 g/mol. The van der Waals surface area contributed by atoms with Crippen LogP contribution in [0.15, 0.2) is 16.8 Å². The van der Waals surface area contributed by atoms with Crippen molar-refractivity contribution in [3.8, 4) is 9.85 Å². The summed E-state index contributed by atoms with van der Waals surface area (Å²) in [4.78, 5) is 28.0. The fourth-order valence-corrected chi connectivity index (χ4v) is 7.04. The maximum absolute atomic E-state index is 12.6. The zero-order chi connectivity index (χ0) is 19.2. The van der Waals surface area contributed by atoms with Gasteiger partial charge in [0, 0.05) is 57.6 Å². The number of Topliss-reactive ketones (excluding diaryl/α,β-unsaturated/α-hetero) is 1. The molecule has 0 heterocycles. The minimum atomic E-state index is -0.283. The fraction of sp³-hybridized carbons (Fsp3) is 0.714. The predicted octanol–water partition coefficient (Wildman–Crippen LogP) is 5.14. The van der Waals surface area contributed by atoms with Gasteiger partial charge in [-0.3, -0.25) is 9.59 Å². The third kappa shape index (κ3) is 2.77. The van der Waals surface area contributed by atoms with Gasteiger partial charge in [-0.2, -0.15) is 0 Å². The number of rotatable bonds is 2. The minimum absolute atomic E-state index is 0.135. The first-order valence-electron chi connectivity index (χ1n) is 9.87. The molecule has 0 amide bonds. The molecule has 0 aromatic rings. The Hall–Kier alpha value is -1.32. The summed E-state index contributed by atoms with van der Waals surface area (Å²) in [6.07, 6.45) is 8.14. The molecule has 0 unspecified atom stereocenters. The number of fused-ring (bicyclic) bond motifs is 5. The summed E-state index contributed by atoms with van der Waals surface area (Å²) in [6, 6.07) is -0.283. The van der Waals surface area contributed by atoms with Gasteiger partial charge in [-0.15, -0.1) is 0 Å². The first-order valence-corrected chi connectivity index (χ1v) is 10.9. The number of carbonyl (C=O) groups excluding carboxylic acids is 2. The zero-order valence-electron chi connectivity index (χ0n) is 15.6. The van der Waals surface area contributed by atoms with Crippen molar-refractivity contribution in [2.75, 3.05) is 0 Å². The van der Waals surface area contributed by atoms with Crippen LogP contribution in [0.25, 0.3) is 10.4 Å². The van der Waals surface area contributed by atoms with E-state index in [4.69, 9.17) is 0 Å². The molecule has 0 saturated heterocycles. The third-order valence-corrected chi connectivity index (χ3v) is 8.46. The van der Waals surface area contributed by atoms with Crippen LogP contribution in [0, 0.1) is 38.4 Å². The lowest BCUT2D eigenvalue weighted by molar-refractivity contribution is -0.133. The van der Waals surface area contributed by atoms with E-state index in [1.54, 1.807) is 6.08 Å². The van der Waals surface area contributed by atoms with Gasteiger partial charge in [-0.05, 0) is 65.4 Å². The van der Waals surface area contributed by atoms with Gasteiger partial charge in [0.05, 0.1) is 6.04 Å². The first kappa shape index (κ1) is 19.0. The van der Waals surface area contributed by atoms with E-state index in [9.17, 15) is 15.1 Å². The van der Waals surface area contributed by atoms with Gasteiger partial charge in [0.1, 0.15) is 5.78 Å². The maximum Gasteiger partial charge on any atom is 0.155 e. The Kier molecular flexibility index (Phi) is 4.88. The number of ketones is 2. The van der Waals surface area contributed by atoms with Gasteiger partial charge in [0.15, 0.2) is 5.78 Å². The van der Waals surface area contributed by atoms with Crippen LogP contribution in [0.2, 0.25) is 0 Å². The average molecular weight is 477 g/mol. The van der Waals surface area contributed by atoms with Gasteiger partial charge in [0.2, 0.25) is 0 Å². The molecule has 0 radical (unpaired) electrons. The second-order valence-corrected chi connectivity index (χ2v) is 9.46. The topological polar surface area (TPSA) is 82.9 Å². The number of carbonyl (C=O) groups is 2. The Labute approximate surface area is 173 Å². The molecule has 3 saturated carbocycles. The molecule has 4 rings (SSSR count). The van der Waals surface area contributed by atoms with Crippen LogP contribution in [0.5, 0.6) is 0 Å². The predicted molar refractivity (Wildman–Crippen MR) is 111 cm³/mol. The lowest BCUT2D eigenvalue weighted by Crippen LogP contribution is -2.54. The second kappa shape index (κ2) is 6.93. The molecule has 0 spiro atoms. The van der Waals surface area contributed by atoms with Gasteiger partial charge >= 0.3 is 0 Å². The van der Waals surface area contributed by atoms with E-state index >= 15 is 0 Å². The molecule has 5 nitrogen and oxygen atoms in total. The van der Waals surface area contributed by atoms with Crippen LogP contribution < -0.4 is 0 Å². The van der Waals surface area contributed by atoms with Crippen molar-refractivity contribution < 1.29 is 9.59 Å². The Morgan fingerprint density at radius 1 is 1.30 bits per heavy atom. The largest absolute Gasteiger partial charge is 0.299 e. The Morgan fingerprint density at radius 3 is 2.85 bits per heavy atom. The first-order chi connectivity index (χ1) is 13.0. The number of azide groups is 1. The molecule has 6 heteroatoms. The van der Waals surface area contributed by atoms with E-state index in [1.165, 1.54) is 0 Å². The summed E-state index contributed by atoms with van der Waals surface area (Å²) in [6.45, 7) is 2.15. The van der Waals surface area contributed by atoms with E-state index in [-0.39, 0.29) is 22.7 Å². The van der Waals surface area contributed by atoms with E-state index in [1.807, 2.05) is 0 Å². The molecular formula is C21H24IN3O2. The second-order valence-electron chi connectivity index (χ2n) is 8.92. The summed E-state index contributed by atoms with van der Waals surface area (Å²) in [7, 11) is 0. The number of nitrogens with zero attached hydrogens (tertiary/aromatic N) is 3. The summed E-state index contributed by atoms with van der Waals surface area (Å²) < 4.78 is 3.01. The van der Waals surface area contributed by atoms with Crippen LogP contribution in [-0.4, -0.2) is 17.6 Å².